The van der Waals surface area contributed by atoms with Gasteiger partial charge in [-0.25, -0.2) is 0 Å². The highest BCUT2D eigenvalue weighted by Crippen LogP contribution is 1.97. The summed E-state index contributed by atoms with van der Waals surface area (Å²) < 4.78 is 0. The molecule has 0 N–H and O–H groups in total. The highest BCUT2D eigenvalue weighted by Gasteiger charge is 1.87. The number of hydrogen-bond acceptors (Lipinski definition) is 3. The van der Waals surface area contributed by atoms with Gasteiger partial charge in [0, 0.05) is 6.42 Å². The molecule has 1 aromatic heterocycles. The Bertz CT molecular complexity index is 277. The van der Waals surface area contributed by atoms with Crippen molar-refractivity contribution < 1.29 is 4.79 Å². The number of allylic oxidation sites excluding steroid dienone is 1. The van der Waals surface area contributed by atoms with Gasteiger partial charge in [0.1, 0.15) is 6.29 Å². The molecule has 0 radical (unpaired) electrons. The molecule has 0 aromatic carbocycles. The van der Waals surface area contributed by atoms with Crippen LogP contribution in [0.4, 0.5) is 0 Å². The van der Waals surface area contributed by atoms with E-state index in [-0.39, 0.29) is 0 Å². The zero-order chi connectivity index (χ0) is 8.81. The molecule has 3 nitrogen and oxygen atoms in total. The summed E-state index contributed by atoms with van der Waals surface area (Å²) in [5, 5.41) is 7.77. The van der Waals surface area contributed by atoms with Gasteiger partial charge in [0.15, 0.2) is 0 Å². The van der Waals surface area contributed by atoms with E-state index in [1.165, 1.54) is 0 Å². The molecule has 0 saturated heterocycles. The van der Waals surface area contributed by atoms with Crippen molar-refractivity contribution >= 4 is 12.4 Å². The summed E-state index contributed by atoms with van der Waals surface area (Å²) in [6.07, 6.45) is 4.81. The zero-order valence-corrected chi connectivity index (χ0v) is 6.90. The van der Waals surface area contributed by atoms with Crippen molar-refractivity contribution in [1.29, 1.82) is 0 Å². The van der Waals surface area contributed by atoms with Crippen LogP contribution in [0.25, 0.3) is 6.08 Å². The fraction of sp³-hybridized carbons (Fsp3) is 0.222. The number of aryl methyl sites for hydroxylation is 1. The lowest BCUT2D eigenvalue weighted by Crippen LogP contribution is -1.87. The van der Waals surface area contributed by atoms with Gasteiger partial charge in [0.05, 0.1) is 11.4 Å². The molecule has 1 heterocycles. The van der Waals surface area contributed by atoms with Crippen molar-refractivity contribution in [3.05, 3.63) is 29.6 Å². The Kier molecular flexibility index (Phi) is 3.14. The van der Waals surface area contributed by atoms with Crippen molar-refractivity contribution in [2.75, 3.05) is 0 Å². The van der Waals surface area contributed by atoms with Crippen LogP contribution in [0.1, 0.15) is 17.8 Å². The van der Waals surface area contributed by atoms with E-state index < -0.39 is 0 Å². The van der Waals surface area contributed by atoms with Crippen molar-refractivity contribution in [1.82, 2.24) is 10.2 Å². The molecule has 0 aliphatic carbocycles. The van der Waals surface area contributed by atoms with Crippen molar-refractivity contribution in [3.8, 4) is 0 Å². The maximum atomic E-state index is 9.96. The first-order chi connectivity index (χ1) is 5.83. The first-order valence-electron chi connectivity index (χ1n) is 3.73. The molecule has 0 spiro atoms. The van der Waals surface area contributed by atoms with Gasteiger partial charge in [0.2, 0.25) is 0 Å². The van der Waals surface area contributed by atoms with Crippen molar-refractivity contribution in [3.63, 3.8) is 0 Å². The second-order valence-corrected chi connectivity index (χ2v) is 2.40. The average molecular weight is 162 g/mol. The highest BCUT2D eigenvalue weighted by atomic mass is 16.1. The standard InChI is InChI=1S/C9H10N2O/c1-8-5-6-9(11-10-8)4-2-3-7-12/h2,4-7H,3H2,1H3. The van der Waals surface area contributed by atoms with E-state index in [0.717, 1.165) is 17.7 Å². The number of aldehydes is 1. The SMILES string of the molecule is Cc1ccc(C=CCC=O)nn1. The van der Waals surface area contributed by atoms with Gasteiger partial charge < -0.3 is 4.79 Å². The summed E-state index contributed by atoms with van der Waals surface area (Å²) in [7, 11) is 0. The minimum Gasteiger partial charge on any atom is -0.303 e. The highest BCUT2D eigenvalue weighted by molar-refractivity contribution is 5.56. The Morgan fingerprint density at radius 3 is 2.83 bits per heavy atom. The molecule has 0 unspecified atom stereocenters. The molecule has 0 aliphatic heterocycles. The fourth-order valence-corrected chi connectivity index (χ4v) is 0.742. The minimum atomic E-state index is 0.426. The third-order valence-corrected chi connectivity index (χ3v) is 1.34. The normalized spacial score (nSPS) is 10.4. The van der Waals surface area contributed by atoms with Gasteiger partial charge in [-0.3, -0.25) is 0 Å². The second kappa shape index (κ2) is 4.38. The van der Waals surface area contributed by atoms with E-state index in [1.807, 2.05) is 19.1 Å². The lowest BCUT2D eigenvalue weighted by Gasteiger charge is -1.90. The van der Waals surface area contributed by atoms with Gasteiger partial charge >= 0.3 is 0 Å². The average Bonchev–Trinajstić information content (AvgIpc) is 2.09. The van der Waals surface area contributed by atoms with Crippen LogP contribution >= 0.6 is 0 Å². The molecule has 0 saturated carbocycles. The molecular formula is C9H10N2O. The Hall–Kier alpha value is -1.51. The number of carbonyl (C=O) groups is 1. The molecule has 12 heavy (non-hydrogen) atoms. The van der Waals surface area contributed by atoms with Crippen LogP contribution in [0.3, 0.4) is 0 Å². The van der Waals surface area contributed by atoms with Gasteiger partial charge in [-0.15, -0.1) is 0 Å². The first kappa shape index (κ1) is 8.59. The summed E-state index contributed by atoms with van der Waals surface area (Å²) >= 11 is 0. The maximum absolute atomic E-state index is 9.96. The van der Waals surface area contributed by atoms with Crippen LogP contribution in [0.2, 0.25) is 0 Å². The van der Waals surface area contributed by atoms with Crippen molar-refractivity contribution in [2.45, 2.75) is 13.3 Å². The fourth-order valence-electron chi connectivity index (χ4n) is 0.742. The van der Waals surface area contributed by atoms with Gasteiger partial charge in [-0.1, -0.05) is 6.08 Å². The Morgan fingerprint density at radius 1 is 1.42 bits per heavy atom. The molecule has 1 aromatic rings. The quantitative estimate of drug-likeness (QED) is 0.631. The predicted octanol–water partition coefficient (Wildman–Crippen LogP) is 1.39. The number of rotatable bonds is 3. The summed E-state index contributed by atoms with van der Waals surface area (Å²) in [6.45, 7) is 1.88. The molecule has 0 atom stereocenters. The van der Waals surface area contributed by atoms with E-state index in [0.29, 0.717) is 6.42 Å². The summed E-state index contributed by atoms with van der Waals surface area (Å²) in [6, 6.07) is 3.75. The minimum absolute atomic E-state index is 0.426. The van der Waals surface area contributed by atoms with E-state index >= 15 is 0 Å². The van der Waals surface area contributed by atoms with Crippen LogP contribution in [0.5, 0.6) is 0 Å². The molecular weight excluding hydrogens is 152 g/mol. The molecule has 62 valence electrons. The molecule has 0 bridgehead atoms. The summed E-state index contributed by atoms with van der Waals surface area (Å²) in [5.74, 6) is 0. The Balaban J connectivity index is 2.64. The molecule has 0 aliphatic rings. The molecule has 1 rings (SSSR count). The van der Waals surface area contributed by atoms with Crippen LogP contribution in [0, 0.1) is 6.92 Å². The molecule has 0 amide bonds. The first-order valence-corrected chi connectivity index (χ1v) is 3.73. The lowest BCUT2D eigenvalue weighted by molar-refractivity contribution is -0.107. The lowest BCUT2D eigenvalue weighted by atomic mass is 10.3. The maximum Gasteiger partial charge on any atom is 0.123 e. The Labute approximate surface area is 71.1 Å². The van der Waals surface area contributed by atoms with Crippen LogP contribution in [-0.2, 0) is 4.79 Å². The summed E-state index contributed by atoms with van der Waals surface area (Å²) in [5.41, 5.74) is 1.67. The van der Waals surface area contributed by atoms with E-state index in [4.69, 9.17) is 0 Å². The van der Waals surface area contributed by atoms with E-state index in [9.17, 15) is 4.79 Å². The largest absolute Gasteiger partial charge is 0.303 e. The predicted molar refractivity (Wildman–Crippen MR) is 46.5 cm³/mol. The number of hydrogen-bond donors (Lipinski definition) is 0. The molecule has 0 fully saturated rings. The van der Waals surface area contributed by atoms with E-state index in [1.54, 1.807) is 12.2 Å². The monoisotopic (exact) mass is 162 g/mol. The number of aromatic nitrogens is 2. The van der Waals surface area contributed by atoms with Crippen LogP contribution in [-0.4, -0.2) is 16.5 Å². The van der Waals surface area contributed by atoms with Crippen LogP contribution in [0.15, 0.2) is 18.2 Å². The topological polar surface area (TPSA) is 42.9 Å². The van der Waals surface area contributed by atoms with Gasteiger partial charge in [-0.2, -0.15) is 10.2 Å². The number of carbonyl (C=O) groups excluding carboxylic acids is 1. The van der Waals surface area contributed by atoms with E-state index in [2.05, 4.69) is 10.2 Å². The molecule has 3 heteroatoms. The second-order valence-electron chi connectivity index (χ2n) is 2.40. The summed E-state index contributed by atoms with van der Waals surface area (Å²) in [4.78, 5) is 9.96. The number of nitrogens with zero attached hydrogens (tertiary/aromatic N) is 2. The Morgan fingerprint density at radius 2 is 2.25 bits per heavy atom. The third-order valence-electron chi connectivity index (χ3n) is 1.34. The third kappa shape index (κ3) is 2.62. The van der Waals surface area contributed by atoms with Crippen LogP contribution < -0.4 is 0 Å². The van der Waals surface area contributed by atoms with Gasteiger partial charge in [-0.05, 0) is 25.1 Å². The van der Waals surface area contributed by atoms with Crippen molar-refractivity contribution in [2.24, 2.45) is 0 Å². The van der Waals surface area contributed by atoms with Gasteiger partial charge in [0.25, 0.3) is 0 Å². The zero-order valence-electron chi connectivity index (χ0n) is 6.90. The smallest absolute Gasteiger partial charge is 0.123 e.